The molecule has 0 radical (unpaired) electrons. The molecule has 4 heteroatoms. The molecule has 0 saturated carbocycles. The van der Waals surface area contributed by atoms with E-state index in [2.05, 4.69) is 28.1 Å². The predicted molar refractivity (Wildman–Crippen MR) is 77.3 cm³/mol. The van der Waals surface area contributed by atoms with Gasteiger partial charge in [-0.2, -0.15) is 0 Å². The van der Waals surface area contributed by atoms with Gasteiger partial charge in [0.15, 0.2) is 0 Å². The van der Waals surface area contributed by atoms with Crippen molar-refractivity contribution in [3.8, 4) is 0 Å². The van der Waals surface area contributed by atoms with Crippen LogP contribution in [0.15, 0.2) is 30.3 Å². The molecule has 1 aromatic heterocycles. The van der Waals surface area contributed by atoms with Crippen molar-refractivity contribution in [3.63, 3.8) is 0 Å². The number of fused-ring (bicyclic) bond motifs is 3. The van der Waals surface area contributed by atoms with Gasteiger partial charge in [-0.25, -0.2) is 4.79 Å². The summed E-state index contributed by atoms with van der Waals surface area (Å²) in [7, 11) is 1.44. The summed E-state index contributed by atoms with van der Waals surface area (Å²) in [5.41, 5.74) is 4.35. The van der Waals surface area contributed by atoms with Gasteiger partial charge in [-0.1, -0.05) is 24.3 Å². The van der Waals surface area contributed by atoms with Crippen LogP contribution in [0.3, 0.4) is 0 Å². The smallest absolute Gasteiger partial charge is 0.354 e. The number of ether oxygens (including phenoxy) is 1. The van der Waals surface area contributed by atoms with Crippen LogP contribution in [0.1, 0.15) is 23.7 Å². The molecule has 2 aromatic rings. The molecule has 3 heterocycles. The molecule has 2 aliphatic rings. The zero-order valence-corrected chi connectivity index (χ0v) is 11.3. The van der Waals surface area contributed by atoms with Crippen LogP contribution in [0.2, 0.25) is 0 Å². The SMILES string of the molecule is COC(=O)C1=CCC2NCCc3c2n1c1ccccc31. The van der Waals surface area contributed by atoms with E-state index in [1.807, 2.05) is 12.1 Å². The Bertz CT molecular complexity index is 742. The molecule has 0 fully saturated rings. The molecule has 20 heavy (non-hydrogen) atoms. The second-order valence-electron chi connectivity index (χ2n) is 5.29. The minimum Gasteiger partial charge on any atom is -0.464 e. The summed E-state index contributed by atoms with van der Waals surface area (Å²) in [6.45, 7) is 0.993. The van der Waals surface area contributed by atoms with Crippen LogP contribution in [0.25, 0.3) is 16.6 Å². The Morgan fingerprint density at radius 2 is 2.25 bits per heavy atom. The van der Waals surface area contributed by atoms with Gasteiger partial charge in [0.1, 0.15) is 5.70 Å². The van der Waals surface area contributed by atoms with Gasteiger partial charge in [-0.3, -0.25) is 0 Å². The maximum Gasteiger partial charge on any atom is 0.354 e. The van der Waals surface area contributed by atoms with Crippen molar-refractivity contribution in [2.45, 2.75) is 18.9 Å². The van der Waals surface area contributed by atoms with Crippen LogP contribution in [0, 0.1) is 0 Å². The molecule has 1 aromatic carbocycles. The predicted octanol–water partition coefficient (Wildman–Crippen LogP) is 2.25. The molecule has 1 unspecified atom stereocenters. The van der Waals surface area contributed by atoms with Crippen LogP contribution < -0.4 is 5.32 Å². The van der Waals surface area contributed by atoms with Crippen molar-refractivity contribution < 1.29 is 9.53 Å². The summed E-state index contributed by atoms with van der Waals surface area (Å²) in [6.07, 6.45) is 3.83. The van der Waals surface area contributed by atoms with Crippen LogP contribution in [-0.4, -0.2) is 24.2 Å². The van der Waals surface area contributed by atoms with Gasteiger partial charge in [0.25, 0.3) is 0 Å². The molecular formula is C16H16N2O2. The van der Waals surface area contributed by atoms with E-state index < -0.39 is 0 Å². The van der Waals surface area contributed by atoms with E-state index in [9.17, 15) is 4.79 Å². The molecule has 1 N–H and O–H groups in total. The van der Waals surface area contributed by atoms with E-state index in [1.54, 1.807) is 0 Å². The molecule has 4 rings (SSSR count). The van der Waals surface area contributed by atoms with Crippen LogP contribution in [-0.2, 0) is 16.0 Å². The first-order valence-electron chi connectivity index (χ1n) is 6.95. The minimum absolute atomic E-state index is 0.266. The maximum absolute atomic E-state index is 12.1. The Morgan fingerprint density at radius 1 is 1.40 bits per heavy atom. The first kappa shape index (κ1) is 11.7. The molecular weight excluding hydrogens is 252 g/mol. The second-order valence-corrected chi connectivity index (χ2v) is 5.29. The Balaban J connectivity index is 2.07. The van der Waals surface area contributed by atoms with Gasteiger partial charge in [0, 0.05) is 11.1 Å². The average molecular weight is 268 g/mol. The maximum atomic E-state index is 12.1. The number of carbonyl (C=O) groups excluding carboxylic acids is 1. The summed E-state index contributed by atoms with van der Waals surface area (Å²) >= 11 is 0. The van der Waals surface area contributed by atoms with Gasteiger partial charge >= 0.3 is 5.97 Å². The third-order valence-corrected chi connectivity index (χ3v) is 4.30. The standard InChI is InChI=1S/C16H16N2O2/c1-20-16(19)14-7-6-12-15-11(8-9-17-12)10-4-2-3-5-13(10)18(14)15/h2-5,7,12,17H,6,8-9H2,1H3. The van der Waals surface area contributed by atoms with Crippen molar-refractivity contribution in [1.82, 2.24) is 9.88 Å². The molecule has 4 nitrogen and oxygen atoms in total. The van der Waals surface area contributed by atoms with Crippen molar-refractivity contribution in [3.05, 3.63) is 41.6 Å². The fourth-order valence-corrected chi connectivity index (χ4v) is 3.48. The molecule has 0 aliphatic carbocycles. The quantitative estimate of drug-likeness (QED) is 0.807. The number of nitrogens with one attached hydrogen (secondary N) is 1. The first-order valence-corrected chi connectivity index (χ1v) is 6.95. The first-order chi connectivity index (χ1) is 9.81. The highest BCUT2D eigenvalue weighted by atomic mass is 16.5. The highest BCUT2D eigenvalue weighted by molar-refractivity contribution is 6.13. The number of hydrogen-bond donors (Lipinski definition) is 1. The highest BCUT2D eigenvalue weighted by Gasteiger charge is 2.32. The van der Waals surface area contributed by atoms with Crippen molar-refractivity contribution in [2.24, 2.45) is 0 Å². The number of para-hydroxylation sites is 1. The van der Waals surface area contributed by atoms with Gasteiger partial charge in [0.05, 0.1) is 18.7 Å². The normalized spacial score (nSPS) is 20.4. The number of carbonyl (C=O) groups is 1. The fraction of sp³-hybridized carbons (Fsp3) is 0.312. The summed E-state index contributed by atoms with van der Waals surface area (Å²) in [6, 6.07) is 8.60. The Labute approximate surface area is 117 Å². The largest absolute Gasteiger partial charge is 0.464 e. The number of hydrogen-bond acceptors (Lipinski definition) is 3. The number of methoxy groups -OCH3 is 1. The van der Waals surface area contributed by atoms with Crippen LogP contribution >= 0.6 is 0 Å². The number of benzene rings is 1. The molecule has 0 spiro atoms. The van der Waals surface area contributed by atoms with E-state index in [1.165, 1.54) is 23.8 Å². The summed E-state index contributed by atoms with van der Waals surface area (Å²) < 4.78 is 7.02. The molecule has 0 bridgehead atoms. The second kappa shape index (κ2) is 4.21. The average Bonchev–Trinajstić information content (AvgIpc) is 2.85. The zero-order chi connectivity index (χ0) is 13.7. The van der Waals surface area contributed by atoms with Crippen molar-refractivity contribution in [2.75, 3.05) is 13.7 Å². The van der Waals surface area contributed by atoms with E-state index in [4.69, 9.17) is 4.74 Å². The van der Waals surface area contributed by atoms with Gasteiger partial charge in [0.2, 0.25) is 0 Å². The van der Waals surface area contributed by atoms with Crippen molar-refractivity contribution in [1.29, 1.82) is 0 Å². The minimum atomic E-state index is -0.266. The fourth-order valence-electron chi connectivity index (χ4n) is 3.48. The third kappa shape index (κ3) is 1.42. The lowest BCUT2D eigenvalue weighted by atomic mass is 9.95. The lowest BCUT2D eigenvalue weighted by molar-refractivity contribution is -0.134. The lowest BCUT2D eigenvalue weighted by Crippen LogP contribution is -2.33. The molecule has 2 aliphatic heterocycles. The van der Waals surface area contributed by atoms with E-state index in [0.29, 0.717) is 11.7 Å². The summed E-state index contributed by atoms with van der Waals surface area (Å²) in [5.74, 6) is -0.266. The van der Waals surface area contributed by atoms with Gasteiger partial charge < -0.3 is 14.6 Å². The zero-order valence-electron chi connectivity index (χ0n) is 11.3. The molecule has 0 amide bonds. The molecule has 102 valence electrons. The summed E-state index contributed by atoms with van der Waals surface area (Å²) in [5, 5.41) is 4.79. The number of aromatic nitrogens is 1. The number of rotatable bonds is 1. The monoisotopic (exact) mass is 268 g/mol. The van der Waals surface area contributed by atoms with E-state index >= 15 is 0 Å². The third-order valence-electron chi connectivity index (χ3n) is 4.30. The lowest BCUT2D eigenvalue weighted by Gasteiger charge is -2.30. The van der Waals surface area contributed by atoms with E-state index in [0.717, 1.165) is 24.9 Å². The Kier molecular flexibility index (Phi) is 2.47. The van der Waals surface area contributed by atoms with Gasteiger partial charge in [-0.05, 0) is 31.0 Å². The van der Waals surface area contributed by atoms with Crippen LogP contribution in [0.5, 0.6) is 0 Å². The van der Waals surface area contributed by atoms with Crippen molar-refractivity contribution >= 4 is 22.6 Å². The Morgan fingerprint density at radius 3 is 3.10 bits per heavy atom. The van der Waals surface area contributed by atoms with Gasteiger partial charge in [-0.15, -0.1) is 0 Å². The van der Waals surface area contributed by atoms with E-state index in [-0.39, 0.29) is 5.97 Å². The topological polar surface area (TPSA) is 43.3 Å². The Hall–Kier alpha value is -2.07. The van der Waals surface area contributed by atoms with Crippen LogP contribution in [0.4, 0.5) is 0 Å². The highest BCUT2D eigenvalue weighted by Crippen LogP contribution is 2.39. The molecule has 1 atom stereocenters. The number of esters is 1. The molecule has 0 saturated heterocycles. The summed E-state index contributed by atoms with van der Waals surface area (Å²) in [4.78, 5) is 12.1. The number of nitrogens with zero attached hydrogens (tertiary/aromatic N) is 1.